The summed E-state index contributed by atoms with van der Waals surface area (Å²) in [7, 11) is 2.01. The number of para-hydroxylation sites is 1. The van der Waals surface area contributed by atoms with Crippen LogP contribution in [0.25, 0.3) is 0 Å². The van der Waals surface area contributed by atoms with Crippen LogP contribution in [0.5, 0.6) is 0 Å². The molecular weight excluding hydrogens is 268 g/mol. The van der Waals surface area contributed by atoms with Gasteiger partial charge in [0.1, 0.15) is 0 Å². The predicted molar refractivity (Wildman–Crippen MR) is 83.2 cm³/mol. The molecule has 1 aliphatic heterocycles. The summed E-state index contributed by atoms with van der Waals surface area (Å²) in [5.41, 5.74) is 0.956. The molecule has 2 aromatic rings. The number of aryl methyl sites for hydroxylation is 1. The fourth-order valence-electron chi connectivity index (χ4n) is 2.22. The van der Waals surface area contributed by atoms with Crippen LogP contribution >= 0.6 is 11.3 Å². The number of benzene rings is 1. The third-order valence-electron chi connectivity index (χ3n) is 3.33. The van der Waals surface area contributed by atoms with Crippen LogP contribution in [-0.4, -0.2) is 28.5 Å². The van der Waals surface area contributed by atoms with Gasteiger partial charge in [-0.3, -0.25) is 0 Å². The van der Waals surface area contributed by atoms with Gasteiger partial charge in [-0.15, -0.1) is 11.3 Å². The summed E-state index contributed by atoms with van der Waals surface area (Å²) in [5.74, 6) is 0.826. The molecule has 1 aromatic heterocycles. The van der Waals surface area contributed by atoms with Crippen LogP contribution < -0.4 is 4.80 Å². The van der Waals surface area contributed by atoms with Gasteiger partial charge in [-0.05, 0) is 25.0 Å². The van der Waals surface area contributed by atoms with Crippen LogP contribution in [0.3, 0.4) is 0 Å². The van der Waals surface area contributed by atoms with Gasteiger partial charge < -0.3 is 9.47 Å². The molecule has 3 rings (SSSR count). The summed E-state index contributed by atoms with van der Waals surface area (Å²) in [6.07, 6.45) is 4.47. The maximum atomic E-state index is 4.75. The molecule has 0 amide bonds. The largest absolute Gasteiger partial charge is 0.341 e. The van der Waals surface area contributed by atoms with E-state index in [1.807, 2.05) is 53.5 Å². The molecular formula is C15H18N4S. The molecule has 0 saturated carbocycles. The molecule has 0 bridgehead atoms. The smallest absolute Gasteiger partial charge is 0.228 e. The van der Waals surface area contributed by atoms with Crippen molar-refractivity contribution in [3.8, 4) is 0 Å². The number of rotatable bonds is 1. The molecule has 104 valence electrons. The summed E-state index contributed by atoms with van der Waals surface area (Å²) in [5, 5.41) is 2.04. The van der Waals surface area contributed by atoms with E-state index in [1.54, 1.807) is 11.3 Å². The summed E-state index contributed by atoms with van der Waals surface area (Å²) in [6.45, 7) is 2.09. The third kappa shape index (κ3) is 2.99. The molecule has 0 radical (unpaired) electrons. The second-order valence-corrected chi connectivity index (χ2v) is 5.72. The average Bonchev–Trinajstić information content (AvgIpc) is 3.12. The monoisotopic (exact) mass is 286 g/mol. The first-order valence-corrected chi connectivity index (χ1v) is 7.74. The highest BCUT2D eigenvalue weighted by atomic mass is 32.1. The lowest BCUT2D eigenvalue weighted by Crippen LogP contribution is -2.28. The van der Waals surface area contributed by atoms with Crippen molar-refractivity contribution >= 4 is 23.0 Å². The Kier molecular flexibility index (Phi) is 3.97. The van der Waals surface area contributed by atoms with Gasteiger partial charge in [0.2, 0.25) is 5.96 Å². The predicted octanol–water partition coefficient (Wildman–Crippen LogP) is 2.77. The van der Waals surface area contributed by atoms with Gasteiger partial charge >= 0.3 is 0 Å². The Bertz CT molecular complexity index is 648. The summed E-state index contributed by atoms with van der Waals surface area (Å²) in [6, 6.07) is 10.0. The Hall–Kier alpha value is -1.88. The van der Waals surface area contributed by atoms with Gasteiger partial charge in [0.25, 0.3) is 0 Å². The van der Waals surface area contributed by atoms with Crippen molar-refractivity contribution in [3.63, 3.8) is 0 Å². The number of aliphatic imine (C=N–C) groups is 1. The second-order valence-electron chi connectivity index (χ2n) is 4.85. The van der Waals surface area contributed by atoms with Crippen molar-refractivity contribution in [2.24, 2.45) is 17.0 Å². The van der Waals surface area contributed by atoms with Crippen LogP contribution in [0.4, 0.5) is 5.69 Å². The minimum absolute atomic E-state index is 0.826. The normalized spacial score (nSPS) is 16.9. The molecule has 0 unspecified atom stereocenters. The Morgan fingerprint density at radius 1 is 1.15 bits per heavy atom. The average molecular weight is 286 g/mol. The summed E-state index contributed by atoms with van der Waals surface area (Å²) in [4.78, 5) is 12.7. The second kappa shape index (κ2) is 6.05. The molecule has 2 heterocycles. The maximum absolute atomic E-state index is 4.75. The first kappa shape index (κ1) is 13.1. The molecule has 1 fully saturated rings. The summed E-state index contributed by atoms with van der Waals surface area (Å²) < 4.78 is 2.03. The zero-order valence-electron chi connectivity index (χ0n) is 11.6. The molecule has 0 N–H and O–H groups in total. The Morgan fingerprint density at radius 2 is 1.90 bits per heavy atom. The van der Waals surface area contributed by atoms with Gasteiger partial charge in [0.15, 0.2) is 4.80 Å². The molecule has 0 atom stereocenters. The molecule has 1 saturated heterocycles. The number of hydrogen-bond acceptors (Lipinski definition) is 2. The van der Waals surface area contributed by atoms with Crippen LogP contribution in [0.15, 0.2) is 51.9 Å². The highest BCUT2D eigenvalue weighted by molar-refractivity contribution is 7.07. The molecule has 5 heteroatoms. The molecule has 4 nitrogen and oxygen atoms in total. The van der Waals surface area contributed by atoms with E-state index in [-0.39, 0.29) is 0 Å². The van der Waals surface area contributed by atoms with Gasteiger partial charge in [0, 0.05) is 31.7 Å². The van der Waals surface area contributed by atoms with Crippen molar-refractivity contribution in [1.29, 1.82) is 0 Å². The minimum atomic E-state index is 0.826. The standard InChI is InChI=1S/C15H18N4S/c1-18-11-12-20-15(18)17-14(19-9-5-6-10-19)16-13-7-3-2-4-8-13/h2-4,7-8,11-12H,5-6,9-10H2,1H3. The van der Waals surface area contributed by atoms with Gasteiger partial charge in [-0.25, -0.2) is 4.99 Å². The minimum Gasteiger partial charge on any atom is -0.341 e. The Balaban J connectivity index is 2.00. The molecule has 0 spiro atoms. The van der Waals surface area contributed by atoms with E-state index in [0.717, 1.165) is 29.5 Å². The number of nitrogens with zero attached hydrogens (tertiary/aromatic N) is 4. The lowest BCUT2D eigenvalue weighted by molar-refractivity contribution is 0.512. The SMILES string of the molecule is Cn1ccsc1=NC(=Nc1ccccc1)N1CCCC1. The van der Waals surface area contributed by atoms with E-state index in [2.05, 4.69) is 4.90 Å². The molecule has 1 aromatic carbocycles. The number of likely N-dealkylation sites (tertiary alicyclic amines) is 1. The number of guanidine groups is 1. The van der Waals surface area contributed by atoms with Crippen LogP contribution in [0, 0.1) is 0 Å². The molecule has 1 aliphatic rings. The zero-order valence-corrected chi connectivity index (χ0v) is 12.4. The van der Waals surface area contributed by atoms with E-state index in [4.69, 9.17) is 9.98 Å². The Labute approximate surface area is 122 Å². The van der Waals surface area contributed by atoms with Crippen LogP contribution in [-0.2, 0) is 7.05 Å². The fraction of sp³-hybridized carbons (Fsp3) is 0.333. The van der Waals surface area contributed by atoms with Gasteiger partial charge in [0.05, 0.1) is 5.69 Å². The van der Waals surface area contributed by atoms with E-state index >= 15 is 0 Å². The molecule has 20 heavy (non-hydrogen) atoms. The highest BCUT2D eigenvalue weighted by Crippen LogP contribution is 2.15. The van der Waals surface area contributed by atoms with Crippen molar-refractivity contribution in [1.82, 2.24) is 9.47 Å². The number of hydrogen-bond donors (Lipinski definition) is 0. The van der Waals surface area contributed by atoms with Crippen molar-refractivity contribution in [2.75, 3.05) is 13.1 Å². The lowest BCUT2D eigenvalue weighted by atomic mass is 10.3. The van der Waals surface area contributed by atoms with E-state index in [9.17, 15) is 0 Å². The van der Waals surface area contributed by atoms with Crippen LogP contribution in [0.1, 0.15) is 12.8 Å². The first-order chi connectivity index (χ1) is 9.83. The van der Waals surface area contributed by atoms with Crippen LogP contribution in [0.2, 0.25) is 0 Å². The summed E-state index contributed by atoms with van der Waals surface area (Å²) >= 11 is 1.64. The van der Waals surface area contributed by atoms with Crippen molar-refractivity contribution < 1.29 is 0 Å². The van der Waals surface area contributed by atoms with Crippen molar-refractivity contribution in [2.45, 2.75) is 12.8 Å². The van der Waals surface area contributed by atoms with Gasteiger partial charge in [-0.1, -0.05) is 18.2 Å². The highest BCUT2D eigenvalue weighted by Gasteiger charge is 2.16. The Morgan fingerprint density at radius 3 is 2.55 bits per heavy atom. The van der Waals surface area contributed by atoms with Gasteiger partial charge in [-0.2, -0.15) is 4.99 Å². The topological polar surface area (TPSA) is 32.9 Å². The lowest BCUT2D eigenvalue weighted by Gasteiger charge is -2.15. The zero-order chi connectivity index (χ0) is 13.8. The number of aromatic nitrogens is 1. The fourth-order valence-corrected chi connectivity index (χ4v) is 2.95. The maximum Gasteiger partial charge on any atom is 0.228 e. The van der Waals surface area contributed by atoms with E-state index in [1.165, 1.54) is 12.8 Å². The van der Waals surface area contributed by atoms with E-state index in [0.29, 0.717) is 0 Å². The van der Waals surface area contributed by atoms with Crippen molar-refractivity contribution in [3.05, 3.63) is 46.7 Å². The third-order valence-corrected chi connectivity index (χ3v) is 4.18. The van der Waals surface area contributed by atoms with E-state index < -0.39 is 0 Å². The number of thiazole rings is 1. The first-order valence-electron chi connectivity index (χ1n) is 6.86. The quantitative estimate of drug-likeness (QED) is 0.586. The molecule has 0 aliphatic carbocycles.